The van der Waals surface area contributed by atoms with Crippen LogP contribution >= 0.6 is 23.2 Å². The summed E-state index contributed by atoms with van der Waals surface area (Å²) in [4.78, 5) is 33.4. The van der Waals surface area contributed by atoms with Crippen LogP contribution in [0, 0.1) is 10.1 Å². The Bertz CT molecular complexity index is 917. The average molecular weight is 397 g/mol. The molecule has 0 aromatic heterocycles. The number of nitro groups is 1. The fraction of sp³-hybridized carbons (Fsp3) is 0. The number of amides is 2. The Morgan fingerprint density at radius 3 is 2.62 bits per heavy atom. The summed E-state index contributed by atoms with van der Waals surface area (Å²) in [6, 6.07) is 8.01. The Labute approximate surface area is 156 Å². The van der Waals surface area contributed by atoms with Gasteiger partial charge in [0.25, 0.3) is 0 Å². The van der Waals surface area contributed by atoms with Crippen molar-refractivity contribution < 1.29 is 19.6 Å². The van der Waals surface area contributed by atoms with Crippen molar-refractivity contribution in [1.29, 1.82) is 0 Å². The lowest BCUT2D eigenvalue weighted by Crippen LogP contribution is -2.32. The van der Waals surface area contributed by atoms with Crippen LogP contribution in [-0.2, 0) is 9.59 Å². The normalized spacial score (nSPS) is 10.5. The molecule has 11 heteroatoms. The number of halogens is 2. The molecule has 0 bridgehead atoms. The third-order valence-corrected chi connectivity index (χ3v) is 3.80. The number of anilines is 1. The minimum Gasteiger partial charge on any atom is -0.502 e. The molecule has 2 aromatic rings. The van der Waals surface area contributed by atoms with Crippen molar-refractivity contribution in [2.45, 2.75) is 0 Å². The number of phenols is 1. The number of hydrogen-bond acceptors (Lipinski definition) is 6. The van der Waals surface area contributed by atoms with Gasteiger partial charge in [0.2, 0.25) is 0 Å². The van der Waals surface area contributed by atoms with E-state index in [-0.39, 0.29) is 21.3 Å². The van der Waals surface area contributed by atoms with Crippen LogP contribution in [0.4, 0.5) is 11.4 Å². The Balaban J connectivity index is 2.00. The van der Waals surface area contributed by atoms with Crippen LogP contribution in [-0.4, -0.2) is 28.1 Å². The number of carbonyl (C=O) groups is 2. The van der Waals surface area contributed by atoms with E-state index in [0.29, 0.717) is 0 Å². The van der Waals surface area contributed by atoms with Gasteiger partial charge in [-0.25, -0.2) is 5.43 Å². The minimum atomic E-state index is -1.09. The van der Waals surface area contributed by atoms with Crippen LogP contribution < -0.4 is 10.7 Å². The van der Waals surface area contributed by atoms with Crippen molar-refractivity contribution in [2.24, 2.45) is 5.10 Å². The molecule has 9 nitrogen and oxygen atoms in total. The summed E-state index contributed by atoms with van der Waals surface area (Å²) in [6.45, 7) is 0. The fourth-order valence-electron chi connectivity index (χ4n) is 1.76. The maximum Gasteiger partial charge on any atom is 0.329 e. The summed E-state index contributed by atoms with van der Waals surface area (Å²) < 4.78 is 0. The summed E-state index contributed by atoms with van der Waals surface area (Å²) in [6.07, 6.45) is 1.07. The van der Waals surface area contributed by atoms with E-state index >= 15 is 0 Å². The van der Waals surface area contributed by atoms with Crippen molar-refractivity contribution in [1.82, 2.24) is 5.43 Å². The molecule has 0 heterocycles. The number of hydrogen-bond donors (Lipinski definition) is 3. The zero-order chi connectivity index (χ0) is 19.3. The predicted molar refractivity (Wildman–Crippen MR) is 95.6 cm³/mol. The van der Waals surface area contributed by atoms with Crippen LogP contribution in [0.1, 0.15) is 5.56 Å². The van der Waals surface area contributed by atoms with Crippen molar-refractivity contribution in [3.05, 3.63) is 62.1 Å². The molecule has 2 rings (SSSR count). The molecule has 0 radical (unpaired) electrons. The van der Waals surface area contributed by atoms with Crippen molar-refractivity contribution in [3.8, 4) is 5.75 Å². The molecule has 0 atom stereocenters. The van der Waals surface area contributed by atoms with E-state index in [2.05, 4.69) is 10.4 Å². The highest BCUT2D eigenvalue weighted by Crippen LogP contribution is 2.29. The molecule has 3 N–H and O–H groups in total. The summed E-state index contributed by atoms with van der Waals surface area (Å²) in [5.74, 6) is -2.64. The van der Waals surface area contributed by atoms with Crippen molar-refractivity contribution >= 4 is 52.6 Å². The number of carbonyl (C=O) groups excluding carboxylic acids is 2. The van der Waals surface area contributed by atoms with E-state index < -0.39 is 28.2 Å². The smallest absolute Gasteiger partial charge is 0.329 e. The summed E-state index contributed by atoms with van der Waals surface area (Å²) in [5.41, 5.74) is 1.82. The standard InChI is InChI=1S/C15H10Cl2N4O5/c16-9-2-1-3-10(13(9)17)19-14(23)15(24)20-18-7-8-4-5-12(22)11(6-8)21(25)26/h1-7,22H,(H,19,23)(H,20,24)/b18-7-. The molecule has 134 valence electrons. The number of benzene rings is 2. The Morgan fingerprint density at radius 1 is 1.19 bits per heavy atom. The molecule has 0 unspecified atom stereocenters. The van der Waals surface area contributed by atoms with Crippen LogP contribution in [0.2, 0.25) is 10.0 Å². The average Bonchev–Trinajstić information content (AvgIpc) is 2.60. The zero-order valence-corrected chi connectivity index (χ0v) is 14.3. The van der Waals surface area contributed by atoms with Gasteiger partial charge in [-0.05, 0) is 24.3 Å². The zero-order valence-electron chi connectivity index (χ0n) is 12.8. The Morgan fingerprint density at radius 2 is 1.92 bits per heavy atom. The summed E-state index contributed by atoms with van der Waals surface area (Å²) in [5, 5.41) is 26.2. The lowest BCUT2D eigenvalue weighted by Gasteiger charge is -2.06. The lowest BCUT2D eigenvalue weighted by atomic mass is 10.2. The maximum absolute atomic E-state index is 11.8. The molecule has 0 fully saturated rings. The second kappa shape index (κ2) is 8.28. The number of rotatable bonds is 4. The second-order valence-electron chi connectivity index (χ2n) is 4.76. The molecule has 0 aliphatic heterocycles. The third kappa shape index (κ3) is 4.68. The molecular formula is C15H10Cl2N4O5. The van der Waals surface area contributed by atoms with Gasteiger partial charge < -0.3 is 10.4 Å². The fourth-order valence-corrected chi connectivity index (χ4v) is 2.11. The molecule has 26 heavy (non-hydrogen) atoms. The van der Waals surface area contributed by atoms with Crippen LogP contribution in [0.15, 0.2) is 41.5 Å². The highest BCUT2D eigenvalue weighted by Gasteiger charge is 2.16. The van der Waals surface area contributed by atoms with Crippen LogP contribution in [0.5, 0.6) is 5.75 Å². The molecule has 0 aliphatic rings. The first kappa shape index (κ1) is 19.2. The number of phenolic OH excluding ortho intramolecular Hbond substituents is 1. The van der Waals surface area contributed by atoms with Gasteiger partial charge in [0.1, 0.15) is 0 Å². The van der Waals surface area contributed by atoms with Crippen molar-refractivity contribution in [3.63, 3.8) is 0 Å². The number of nitro benzene ring substituents is 1. The Hall–Kier alpha value is -3.17. The molecule has 0 saturated carbocycles. The number of nitrogens with one attached hydrogen (secondary N) is 2. The van der Waals surface area contributed by atoms with Crippen molar-refractivity contribution in [2.75, 3.05) is 5.32 Å². The van der Waals surface area contributed by atoms with Gasteiger partial charge in [-0.3, -0.25) is 19.7 Å². The third-order valence-electron chi connectivity index (χ3n) is 2.98. The van der Waals surface area contributed by atoms with Gasteiger partial charge in [0.15, 0.2) is 5.75 Å². The highest BCUT2D eigenvalue weighted by molar-refractivity contribution is 6.45. The van der Waals surface area contributed by atoms with E-state index in [0.717, 1.165) is 18.3 Å². The number of hydrazone groups is 1. The molecule has 2 amide bonds. The van der Waals surface area contributed by atoms with E-state index in [9.17, 15) is 24.8 Å². The molecule has 0 spiro atoms. The molecule has 0 saturated heterocycles. The first-order chi connectivity index (χ1) is 12.3. The van der Waals surface area contributed by atoms with E-state index in [1.54, 1.807) is 0 Å². The SMILES string of the molecule is O=C(N/N=C\c1ccc(O)c([N+](=O)[O-])c1)C(=O)Nc1cccc(Cl)c1Cl. The van der Waals surface area contributed by atoms with E-state index in [1.807, 2.05) is 5.43 Å². The van der Waals surface area contributed by atoms with Gasteiger partial charge in [-0.1, -0.05) is 29.3 Å². The lowest BCUT2D eigenvalue weighted by molar-refractivity contribution is -0.385. The molecule has 2 aromatic carbocycles. The molecular weight excluding hydrogens is 387 g/mol. The summed E-state index contributed by atoms with van der Waals surface area (Å²) in [7, 11) is 0. The first-order valence-electron chi connectivity index (χ1n) is 6.85. The second-order valence-corrected chi connectivity index (χ2v) is 5.55. The highest BCUT2D eigenvalue weighted by atomic mass is 35.5. The monoisotopic (exact) mass is 396 g/mol. The van der Waals surface area contributed by atoms with Crippen LogP contribution in [0.3, 0.4) is 0 Å². The van der Waals surface area contributed by atoms with Gasteiger partial charge in [0, 0.05) is 11.6 Å². The quantitative estimate of drug-likeness (QED) is 0.316. The summed E-state index contributed by atoms with van der Waals surface area (Å²) >= 11 is 11.7. The number of aromatic hydroxyl groups is 1. The van der Waals surface area contributed by atoms with Gasteiger partial charge in [-0.2, -0.15) is 5.10 Å². The largest absolute Gasteiger partial charge is 0.502 e. The van der Waals surface area contributed by atoms with Gasteiger partial charge in [0.05, 0.1) is 26.9 Å². The Kier molecular flexibility index (Phi) is 6.10. The first-order valence-corrected chi connectivity index (χ1v) is 7.61. The van der Waals surface area contributed by atoms with E-state index in [4.69, 9.17) is 23.2 Å². The maximum atomic E-state index is 11.8. The van der Waals surface area contributed by atoms with Gasteiger partial charge in [-0.15, -0.1) is 0 Å². The predicted octanol–water partition coefficient (Wildman–Crippen LogP) is 2.70. The van der Waals surface area contributed by atoms with Crippen LogP contribution in [0.25, 0.3) is 0 Å². The molecule has 0 aliphatic carbocycles. The topological polar surface area (TPSA) is 134 Å². The minimum absolute atomic E-state index is 0.0789. The van der Waals surface area contributed by atoms with E-state index in [1.165, 1.54) is 24.3 Å². The van der Waals surface area contributed by atoms with Gasteiger partial charge >= 0.3 is 17.5 Å². The number of nitrogens with zero attached hydrogens (tertiary/aromatic N) is 2.